The minimum Gasteiger partial charge on any atom is -0.339 e. The highest BCUT2D eigenvalue weighted by atomic mass is 16.2. The number of hydrogen-bond donors (Lipinski definition) is 1. The number of amides is 1. The molecule has 0 fully saturated rings. The van der Waals surface area contributed by atoms with Crippen LogP contribution in [0.3, 0.4) is 0 Å². The summed E-state index contributed by atoms with van der Waals surface area (Å²) in [5.41, 5.74) is 5.35. The van der Waals surface area contributed by atoms with Gasteiger partial charge in [-0.25, -0.2) is 0 Å². The summed E-state index contributed by atoms with van der Waals surface area (Å²) in [6.45, 7) is 7.27. The molecule has 0 aliphatic rings. The number of unbranched alkanes of at least 4 members (excludes halogenated alkanes) is 1. The zero-order valence-corrected chi connectivity index (χ0v) is 9.05. The van der Waals surface area contributed by atoms with Crippen LogP contribution in [0, 0.1) is 0 Å². The lowest BCUT2D eigenvalue weighted by atomic mass is 10.2. The molecule has 0 heterocycles. The molecule has 2 N–H and O–H groups in total. The Labute approximate surface area is 81.3 Å². The Bertz CT molecular complexity index is 148. The summed E-state index contributed by atoms with van der Waals surface area (Å²) in [4.78, 5) is 13.3. The fraction of sp³-hybridized carbons (Fsp3) is 0.900. The predicted molar refractivity (Wildman–Crippen MR) is 55.4 cm³/mol. The number of nitrogens with two attached hydrogens (primary N) is 1. The summed E-state index contributed by atoms with van der Waals surface area (Å²) in [7, 11) is 0. The van der Waals surface area contributed by atoms with Crippen LogP contribution in [0.15, 0.2) is 0 Å². The molecule has 1 amide bonds. The van der Waals surface area contributed by atoms with E-state index in [0.29, 0.717) is 6.04 Å². The van der Waals surface area contributed by atoms with Crippen molar-refractivity contribution in [3.05, 3.63) is 0 Å². The van der Waals surface area contributed by atoms with E-state index >= 15 is 0 Å². The number of carbonyl (C=O) groups is 1. The first-order chi connectivity index (χ1) is 6.17. The third-order valence-corrected chi connectivity index (χ3v) is 2.37. The van der Waals surface area contributed by atoms with Crippen molar-refractivity contribution in [1.29, 1.82) is 0 Å². The average Bonchev–Trinajstić information content (AvgIpc) is 2.17. The first-order valence-electron chi connectivity index (χ1n) is 5.16. The van der Waals surface area contributed by atoms with Crippen LogP contribution in [0.4, 0.5) is 0 Å². The molecule has 1 atom stereocenters. The smallest absolute Gasteiger partial charge is 0.236 e. The Morgan fingerprint density at radius 2 is 2.08 bits per heavy atom. The van der Waals surface area contributed by atoms with E-state index < -0.39 is 0 Å². The maximum atomic E-state index is 11.4. The van der Waals surface area contributed by atoms with Crippen molar-refractivity contribution in [3.63, 3.8) is 0 Å². The minimum atomic E-state index is 0.0720. The highest BCUT2D eigenvalue weighted by Gasteiger charge is 2.15. The van der Waals surface area contributed by atoms with Gasteiger partial charge in [-0.3, -0.25) is 4.79 Å². The Hall–Kier alpha value is -0.570. The number of hydrogen-bond acceptors (Lipinski definition) is 2. The molecule has 0 bridgehead atoms. The molecule has 0 saturated heterocycles. The van der Waals surface area contributed by atoms with Crippen molar-refractivity contribution in [2.24, 2.45) is 5.73 Å². The van der Waals surface area contributed by atoms with Crippen molar-refractivity contribution in [3.8, 4) is 0 Å². The maximum absolute atomic E-state index is 11.4. The molecule has 0 aliphatic carbocycles. The first kappa shape index (κ1) is 12.4. The van der Waals surface area contributed by atoms with Gasteiger partial charge in [-0.1, -0.05) is 20.3 Å². The van der Waals surface area contributed by atoms with Crippen molar-refractivity contribution in [2.45, 2.75) is 46.1 Å². The Kier molecular flexibility index (Phi) is 6.59. The van der Waals surface area contributed by atoms with Crippen molar-refractivity contribution < 1.29 is 4.79 Å². The van der Waals surface area contributed by atoms with E-state index in [2.05, 4.69) is 20.8 Å². The third kappa shape index (κ3) is 4.27. The number of carbonyl (C=O) groups excluding carboxylic acids is 1. The van der Waals surface area contributed by atoms with Crippen LogP contribution in [0.25, 0.3) is 0 Å². The van der Waals surface area contributed by atoms with Gasteiger partial charge in [0.1, 0.15) is 0 Å². The van der Waals surface area contributed by atoms with Gasteiger partial charge in [0.2, 0.25) is 5.91 Å². The van der Waals surface area contributed by atoms with Crippen LogP contribution >= 0.6 is 0 Å². The van der Waals surface area contributed by atoms with Crippen molar-refractivity contribution in [2.75, 3.05) is 13.1 Å². The standard InChI is InChI=1S/C10H22N2O/c1-4-6-7-12(9(3)5-2)10(13)8-11/h9H,4-8,11H2,1-3H3. The second-order valence-corrected chi connectivity index (χ2v) is 3.40. The quantitative estimate of drug-likeness (QED) is 0.681. The van der Waals surface area contributed by atoms with E-state index in [-0.39, 0.29) is 12.5 Å². The summed E-state index contributed by atoms with van der Waals surface area (Å²) in [5, 5.41) is 0. The van der Waals surface area contributed by atoms with Gasteiger partial charge in [-0.05, 0) is 19.8 Å². The lowest BCUT2D eigenvalue weighted by Crippen LogP contribution is -2.42. The van der Waals surface area contributed by atoms with Crippen LogP contribution in [-0.4, -0.2) is 29.9 Å². The molecular weight excluding hydrogens is 164 g/mol. The number of rotatable bonds is 6. The zero-order valence-electron chi connectivity index (χ0n) is 9.05. The monoisotopic (exact) mass is 186 g/mol. The van der Waals surface area contributed by atoms with Crippen LogP contribution in [0.5, 0.6) is 0 Å². The van der Waals surface area contributed by atoms with Crippen LogP contribution in [0.1, 0.15) is 40.0 Å². The van der Waals surface area contributed by atoms with Gasteiger partial charge in [-0.15, -0.1) is 0 Å². The zero-order chi connectivity index (χ0) is 10.3. The maximum Gasteiger partial charge on any atom is 0.236 e. The van der Waals surface area contributed by atoms with E-state index in [0.717, 1.165) is 25.8 Å². The minimum absolute atomic E-state index is 0.0720. The second kappa shape index (κ2) is 6.89. The molecular formula is C10H22N2O. The molecule has 13 heavy (non-hydrogen) atoms. The van der Waals surface area contributed by atoms with E-state index in [1.54, 1.807) is 0 Å². The average molecular weight is 186 g/mol. The highest BCUT2D eigenvalue weighted by Crippen LogP contribution is 2.05. The normalized spacial score (nSPS) is 12.6. The van der Waals surface area contributed by atoms with Crippen molar-refractivity contribution in [1.82, 2.24) is 4.90 Å². The largest absolute Gasteiger partial charge is 0.339 e. The van der Waals surface area contributed by atoms with Gasteiger partial charge >= 0.3 is 0 Å². The molecule has 0 aliphatic heterocycles. The van der Waals surface area contributed by atoms with E-state index in [1.807, 2.05) is 4.90 Å². The fourth-order valence-corrected chi connectivity index (χ4v) is 1.26. The fourth-order valence-electron chi connectivity index (χ4n) is 1.26. The van der Waals surface area contributed by atoms with Crippen LogP contribution < -0.4 is 5.73 Å². The van der Waals surface area contributed by atoms with Gasteiger partial charge in [-0.2, -0.15) is 0 Å². The lowest BCUT2D eigenvalue weighted by Gasteiger charge is -2.28. The van der Waals surface area contributed by atoms with E-state index in [1.165, 1.54) is 0 Å². The topological polar surface area (TPSA) is 46.3 Å². The molecule has 0 spiro atoms. The summed E-state index contributed by atoms with van der Waals surface area (Å²) < 4.78 is 0. The van der Waals surface area contributed by atoms with Gasteiger partial charge in [0.25, 0.3) is 0 Å². The molecule has 0 radical (unpaired) electrons. The van der Waals surface area contributed by atoms with Gasteiger partial charge in [0.15, 0.2) is 0 Å². The third-order valence-electron chi connectivity index (χ3n) is 2.37. The Balaban J connectivity index is 4.09. The van der Waals surface area contributed by atoms with Crippen LogP contribution in [-0.2, 0) is 4.79 Å². The molecule has 0 aromatic carbocycles. The summed E-state index contributed by atoms with van der Waals surface area (Å²) in [6, 6.07) is 0.322. The van der Waals surface area contributed by atoms with Gasteiger partial charge in [0.05, 0.1) is 6.54 Å². The molecule has 3 heteroatoms. The Morgan fingerprint density at radius 3 is 2.46 bits per heavy atom. The van der Waals surface area contributed by atoms with Crippen molar-refractivity contribution >= 4 is 5.91 Å². The molecule has 1 unspecified atom stereocenters. The second-order valence-electron chi connectivity index (χ2n) is 3.40. The first-order valence-corrected chi connectivity index (χ1v) is 5.16. The highest BCUT2D eigenvalue weighted by molar-refractivity contribution is 5.78. The molecule has 78 valence electrons. The SMILES string of the molecule is CCCCN(C(=O)CN)C(C)CC. The molecule has 0 aromatic heterocycles. The van der Waals surface area contributed by atoms with Gasteiger partial charge < -0.3 is 10.6 Å². The van der Waals surface area contributed by atoms with E-state index in [9.17, 15) is 4.79 Å². The number of nitrogens with zero attached hydrogens (tertiary/aromatic N) is 1. The summed E-state index contributed by atoms with van der Waals surface area (Å²) in [6.07, 6.45) is 3.18. The van der Waals surface area contributed by atoms with E-state index in [4.69, 9.17) is 5.73 Å². The molecule has 3 nitrogen and oxygen atoms in total. The Morgan fingerprint density at radius 1 is 1.46 bits per heavy atom. The molecule has 0 rings (SSSR count). The summed E-state index contributed by atoms with van der Waals surface area (Å²) >= 11 is 0. The predicted octanol–water partition coefficient (Wildman–Crippen LogP) is 1.37. The summed E-state index contributed by atoms with van der Waals surface area (Å²) in [5.74, 6) is 0.0720. The van der Waals surface area contributed by atoms with Gasteiger partial charge in [0, 0.05) is 12.6 Å². The lowest BCUT2D eigenvalue weighted by molar-refractivity contribution is -0.131. The van der Waals surface area contributed by atoms with Crippen LogP contribution in [0.2, 0.25) is 0 Å². The molecule has 0 saturated carbocycles. The molecule has 0 aromatic rings.